The highest BCUT2D eigenvalue weighted by molar-refractivity contribution is 6.50. The lowest BCUT2D eigenvalue weighted by Gasteiger charge is -2.39. The van der Waals surface area contributed by atoms with Crippen LogP contribution in [-0.2, 0) is 6.54 Å². The number of likely N-dealkylation sites (N-methyl/N-ethyl adjacent to an activating group) is 1. The van der Waals surface area contributed by atoms with Crippen LogP contribution in [0.3, 0.4) is 0 Å². The fourth-order valence-corrected chi connectivity index (χ4v) is 6.97. The normalized spacial score (nSPS) is 15.9. The van der Waals surface area contributed by atoms with E-state index < -0.39 is 7.25 Å². The quantitative estimate of drug-likeness (QED) is 0.0391. The molecule has 1 aliphatic rings. The molecule has 7 nitrogen and oxygen atoms in total. The summed E-state index contributed by atoms with van der Waals surface area (Å²) in [6, 6.07) is 40.0. The smallest absolute Gasteiger partial charge is 0.496 e. The van der Waals surface area contributed by atoms with E-state index in [1.54, 1.807) is 12.1 Å². The molecule has 0 saturated carbocycles. The summed E-state index contributed by atoms with van der Waals surface area (Å²) in [5.74, 6) is 0.200. The first-order valence-corrected chi connectivity index (χ1v) is 18.3. The lowest BCUT2D eigenvalue weighted by atomic mass is 9.98. The lowest BCUT2D eigenvalue weighted by molar-refractivity contribution is -0.675. The van der Waals surface area contributed by atoms with Crippen LogP contribution in [0.1, 0.15) is 29.6 Å². The van der Waals surface area contributed by atoms with Crippen molar-refractivity contribution in [1.29, 1.82) is 0 Å². The number of amides is 1. The second-order valence-corrected chi connectivity index (χ2v) is 13.5. The minimum absolute atomic E-state index is 0.0177. The van der Waals surface area contributed by atoms with Gasteiger partial charge in [-0.15, -0.1) is 0 Å². The lowest BCUT2D eigenvalue weighted by Crippen LogP contribution is -2.58. The van der Waals surface area contributed by atoms with Gasteiger partial charge in [0.05, 0.1) is 23.4 Å². The predicted molar refractivity (Wildman–Crippen MR) is 210 cm³/mol. The molecule has 1 aromatic heterocycles. The fraction of sp³-hybridized carbons (Fsp3) is 0.268. The summed E-state index contributed by atoms with van der Waals surface area (Å²) in [4.78, 5) is 15.8. The van der Waals surface area contributed by atoms with Crippen molar-refractivity contribution in [2.75, 3.05) is 39.5 Å². The predicted octanol–water partition coefficient (Wildman–Crippen LogP) is 8.39. The van der Waals surface area contributed by atoms with Crippen LogP contribution >= 0.6 is 11.6 Å². The van der Waals surface area contributed by atoms with Crippen molar-refractivity contribution in [3.63, 3.8) is 0 Å². The summed E-state index contributed by atoms with van der Waals surface area (Å²) in [5.41, 5.74) is 14.0. The standard InChI is InChI=1S/C41H44ClN5O2.BF4/c1-44-37-28-46(23-20-36(37)45-41(48)33-26-35(43)34(42)27-40(33)49-2)21-12-13-22-47-38(30-16-8-4-9-17-30)24-32(29-14-6-3-7-15-29)25-39(47)31-18-10-5-11-19-31;2-1(3,4)5/h3-11,14-19,24-27,36-37,44H,12-13,20-23,28,43H2,1-2H3;/q;-1/p+1. The summed E-state index contributed by atoms with van der Waals surface area (Å²) >= 11 is 6.16. The van der Waals surface area contributed by atoms with E-state index in [2.05, 4.69) is 123 Å². The van der Waals surface area contributed by atoms with Gasteiger partial charge in [-0.2, -0.15) is 4.57 Å². The number of hydrogen-bond acceptors (Lipinski definition) is 5. The van der Waals surface area contributed by atoms with Crippen LogP contribution in [0, 0.1) is 0 Å². The Kier molecular flexibility index (Phi) is 14.1. The molecule has 1 aliphatic heterocycles. The van der Waals surface area contributed by atoms with Crippen molar-refractivity contribution in [3.05, 3.63) is 126 Å². The van der Waals surface area contributed by atoms with Gasteiger partial charge >= 0.3 is 7.25 Å². The number of nitrogens with one attached hydrogen (secondary N) is 2. The number of likely N-dealkylation sites (tertiary alicyclic amines) is 1. The molecule has 0 radical (unpaired) electrons. The molecule has 54 heavy (non-hydrogen) atoms. The van der Waals surface area contributed by atoms with Crippen LogP contribution in [-0.4, -0.2) is 63.9 Å². The first-order chi connectivity index (χ1) is 25.9. The number of piperidine rings is 1. The van der Waals surface area contributed by atoms with Gasteiger partial charge in [0.25, 0.3) is 5.91 Å². The van der Waals surface area contributed by atoms with E-state index in [-0.39, 0.29) is 18.0 Å². The van der Waals surface area contributed by atoms with Gasteiger partial charge in [0, 0.05) is 60.9 Å². The number of carbonyl (C=O) groups is 1. The monoisotopic (exact) mass is 761 g/mol. The minimum atomic E-state index is -6.00. The Balaban J connectivity index is 0.00000105. The van der Waals surface area contributed by atoms with Gasteiger partial charge < -0.3 is 43.3 Å². The molecule has 4 aromatic carbocycles. The Morgan fingerprint density at radius 1 is 0.833 bits per heavy atom. The third kappa shape index (κ3) is 11.1. The number of nitrogens with zero attached hydrogens (tertiary/aromatic N) is 2. The van der Waals surface area contributed by atoms with E-state index in [1.165, 1.54) is 40.8 Å². The number of anilines is 1. The number of benzene rings is 4. The number of rotatable bonds is 12. The Morgan fingerprint density at radius 3 is 1.89 bits per heavy atom. The molecule has 6 rings (SSSR count). The molecule has 0 bridgehead atoms. The van der Waals surface area contributed by atoms with E-state index in [0.717, 1.165) is 45.4 Å². The number of unbranched alkanes of at least 4 members (excludes halogenated alkanes) is 1. The Bertz CT molecular complexity index is 1910. The first-order valence-electron chi connectivity index (χ1n) is 17.9. The van der Waals surface area contributed by atoms with Gasteiger partial charge in [-0.05, 0) is 67.9 Å². The van der Waals surface area contributed by atoms with Crippen molar-refractivity contribution in [1.82, 2.24) is 15.5 Å². The number of nitrogen functional groups attached to an aromatic ring is 1. The number of methoxy groups -OCH3 is 1. The van der Waals surface area contributed by atoms with Gasteiger partial charge in [-0.1, -0.05) is 78.3 Å². The maximum absolute atomic E-state index is 13.3. The number of ether oxygens (including phenoxy) is 1. The minimum Gasteiger partial charge on any atom is -0.496 e. The molecule has 2 unspecified atom stereocenters. The maximum Gasteiger partial charge on any atom is 0.673 e. The topological polar surface area (TPSA) is 83.5 Å². The fourth-order valence-electron chi connectivity index (χ4n) is 6.81. The summed E-state index contributed by atoms with van der Waals surface area (Å²) in [7, 11) is -2.52. The number of halogens is 5. The number of nitrogens with two attached hydrogens (primary N) is 1. The van der Waals surface area contributed by atoms with Crippen molar-refractivity contribution in [2.45, 2.75) is 37.9 Å². The van der Waals surface area contributed by atoms with E-state index in [9.17, 15) is 22.1 Å². The number of pyridine rings is 1. The highest BCUT2D eigenvalue weighted by Gasteiger charge is 2.30. The molecule has 1 fully saturated rings. The molecule has 2 heterocycles. The van der Waals surface area contributed by atoms with Gasteiger partial charge in [0.2, 0.25) is 11.4 Å². The molecule has 284 valence electrons. The van der Waals surface area contributed by atoms with Gasteiger partial charge in [0.15, 0.2) is 0 Å². The molecule has 4 N–H and O–H groups in total. The van der Waals surface area contributed by atoms with E-state index in [0.29, 0.717) is 22.0 Å². The highest BCUT2D eigenvalue weighted by atomic mass is 35.5. The molecule has 1 saturated heterocycles. The highest BCUT2D eigenvalue weighted by Crippen LogP contribution is 2.31. The number of aromatic nitrogens is 1. The molecule has 0 spiro atoms. The average Bonchev–Trinajstić information content (AvgIpc) is 3.18. The summed E-state index contributed by atoms with van der Waals surface area (Å²) in [6.07, 6.45) is 2.94. The summed E-state index contributed by atoms with van der Waals surface area (Å²) in [5, 5.41) is 7.02. The van der Waals surface area contributed by atoms with Crippen molar-refractivity contribution >= 4 is 30.4 Å². The van der Waals surface area contributed by atoms with Gasteiger partial charge in [-0.25, -0.2) is 0 Å². The largest absolute Gasteiger partial charge is 0.673 e. The zero-order chi connectivity index (χ0) is 38.7. The van der Waals surface area contributed by atoms with Crippen LogP contribution in [0.5, 0.6) is 5.75 Å². The molecule has 2 atom stereocenters. The van der Waals surface area contributed by atoms with E-state index >= 15 is 0 Å². The number of carbonyl (C=O) groups excluding carboxylic acids is 1. The Hall–Kier alpha value is -4.91. The van der Waals surface area contributed by atoms with Crippen LogP contribution < -0.4 is 25.7 Å². The molecular weight excluding hydrogens is 717 g/mol. The SMILES string of the molecule is CNC1CN(CCCC[n+]2c(-c3ccccc3)cc(-c3ccccc3)cc2-c2ccccc2)CCC1NC(=O)c1cc(N)c(Cl)cc1OC.F[B-](F)(F)F. The zero-order valence-corrected chi connectivity index (χ0v) is 31.1. The van der Waals surface area contributed by atoms with Gasteiger partial charge in [-0.3, -0.25) is 4.79 Å². The molecule has 5 aromatic rings. The average molecular weight is 762 g/mol. The Morgan fingerprint density at radius 2 is 1.37 bits per heavy atom. The van der Waals surface area contributed by atoms with Crippen molar-refractivity contribution in [3.8, 4) is 39.4 Å². The van der Waals surface area contributed by atoms with Gasteiger partial charge in [0.1, 0.15) is 12.3 Å². The first kappa shape index (κ1) is 40.3. The molecule has 13 heteroatoms. The third-order valence-electron chi connectivity index (χ3n) is 9.47. The van der Waals surface area contributed by atoms with E-state index in [1.807, 2.05) is 7.05 Å². The molecule has 1 amide bonds. The molecular formula is C41H45BClF4N5O2. The van der Waals surface area contributed by atoms with Crippen LogP contribution in [0.2, 0.25) is 5.02 Å². The van der Waals surface area contributed by atoms with E-state index in [4.69, 9.17) is 22.1 Å². The summed E-state index contributed by atoms with van der Waals surface area (Å²) < 4.78 is 46.9. The van der Waals surface area contributed by atoms with Crippen molar-refractivity contribution in [2.24, 2.45) is 0 Å². The van der Waals surface area contributed by atoms with Crippen LogP contribution in [0.15, 0.2) is 115 Å². The third-order valence-corrected chi connectivity index (χ3v) is 9.79. The Labute approximate surface area is 319 Å². The number of hydrogen-bond donors (Lipinski definition) is 3. The van der Waals surface area contributed by atoms with Crippen molar-refractivity contribution < 1.29 is 31.4 Å². The van der Waals surface area contributed by atoms with Crippen LogP contribution in [0.4, 0.5) is 23.0 Å². The second-order valence-electron chi connectivity index (χ2n) is 13.1. The van der Waals surface area contributed by atoms with Crippen LogP contribution in [0.25, 0.3) is 33.6 Å². The zero-order valence-electron chi connectivity index (χ0n) is 30.3. The molecule has 0 aliphatic carbocycles. The maximum atomic E-state index is 13.3. The second kappa shape index (κ2) is 18.9. The summed E-state index contributed by atoms with van der Waals surface area (Å²) in [6.45, 7) is 3.65.